The van der Waals surface area contributed by atoms with Gasteiger partial charge in [0.15, 0.2) is 0 Å². The van der Waals surface area contributed by atoms with E-state index in [0.717, 1.165) is 22.5 Å². The van der Waals surface area contributed by atoms with Crippen molar-refractivity contribution in [3.05, 3.63) is 45.8 Å². The number of nitrogens with zero attached hydrogens (tertiary/aromatic N) is 1. The normalized spacial score (nSPS) is 18.8. The molecule has 1 aliphatic heterocycles. The van der Waals surface area contributed by atoms with Crippen LogP contribution in [0.15, 0.2) is 24.3 Å². The third-order valence-corrected chi connectivity index (χ3v) is 8.00. The number of carbonyl (C=O) groups excluding carboxylic acids is 2. The maximum absolute atomic E-state index is 12.9. The molecule has 1 aliphatic carbocycles. The molecule has 1 saturated heterocycles. The van der Waals surface area contributed by atoms with E-state index < -0.39 is 5.97 Å². The van der Waals surface area contributed by atoms with E-state index >= 15 is 0 Å². The molecule has 1 fully saturated rings. The van der Waals surface area contributed by atoms with Crippen molar-refractivity contribution in [3.63, 3.8) is 0 Å². The summed E-state index contributed by atoms with van der Waals surface area (Å²) in [6, 6.07) is 7.31. The summed E-state index contributed by atoms with van der Waals surface area (Å²) in [7, 11) is 0. The van der Waals surface area contributed by atoms with Crippen LogP contribution in [0.3, 0.4) is 0 Å². The summed E-state index contributed by atoms with van der Waals surface area (Å²) >= 11 is 1.39. The molecule has 2 aliphatic rings. The Morgan fingerprint density at radius 1 is 1.09 bits per heavy atom. The summed E-state index contributed by atoms with van der Waals surface area (Å²) in [5.74, 6) is -1.26. The van der Waals surface area contributed by atoms with Gasteiger partial charge in [-0.25, -0.2) is 4.79 Å². The molecule has 1 aromatic heterocycles. The maximum atomic E-state index is 12.9. The van der Waals surface area contributed by atoms with Crippen molar-refractivity contribution in [3.8, 4) is 0 Å². The number of likely N-dealkylation sites (tertiary alicyclic amines) is 1. The molecular weight excluding hydrogens is 438 g/mol. The minimum atomic E-state index is -1.00. The molecule has 0 spiro atoms. The maximum Gasteiger partial charge on any atom is 0.339 e. The Morgan fingerprint density at radius 3 is 2.30 bits per heavy atom. The largest absolute Gasteiger partial charge is 0.478 e. The highest BCUT2D eigenvalue weighted by molar-refractivity contribution is 7.17. The van der Waals surface area contributed by atoms with Gasteiger partial charge in [-0.2, -0.15) is 0 Å². The lowest BCUT2D eigenvalue weighted by atomic mass is 9.65. The van der Waals surface area contributed by atoms with Crippen molar-refractivity contribution < 1.29 is 19.5 Å². The van der Waals surface area contributed by atoms with E-state index in [1.165, 1.54) is 11.3 Å². The van der Waals surface area contributed by atoms with E-state index in [9.17, 15) is 19.5 Å². The van der Waals surface area contributed by atoms with Gasteiger partial charge in [0.05, 0.1) is 11.6 Å². The van der Waals surface area contributed by atoms with Crippen LogP contribution in [0, 0.1) is 5.41 Å². The molecule has 1 aromatic carbocycles. The molecule has 2 aromatic rings. The Hall–Kier alpha value is -2.87. The molecule has 7 nitrogen and oxygen atoms in total. The van der Waals surface area contributed by atoms with Gasteiger partial charge in [-0.3, -0.25) is 9.59 Å². The third-order valence-electron chi connectivity index (χ3n) is 6.48. The Morgan fingerprint density at radius 2 is 1.73 bits per heavy atom. The Balaban J connectivity index is 1.50. The predicted octanol–water partition coefficient (Wildman–Crippen LogP) is 4.59. The van der Waals surface area contributed by atoms with Gasteiger partial charge < -0.3 is 20.6 Å². The first-order valence-corrected chi connectivity index (χ1v) is 12.0. The summed E-state index contributed by atoms with van der Waals surface area (Å²) in [5.41, 5.74) is 2.25. The molecular formula is C25H31N3O4S. The molecule has 33 heavy (non-hydrogen) atoms. The average molecular weight is 470 g/mol. The topological polar surface area (TPSA) is 98.7 Å². The zero-order valence-electron chi connectivity index (χ0n) is 19.7. The van der Waals surface area contributed by atoms with Gasteiger partial charge in [0, 0.05) is 36.1 Å². The van der Waals surface area contributed by atoms with Crippen LogP contribution in [0.25, 0.3) is 0 Å². The zero-order chi connectivity index (χ0) is 24.1. The highest BCUT2D eigenvalue weighted by Gasteiger charge is 2.42. The van der Waals surface area contributed by atoms with Crippen molar-refractivity contribution in [1.29, 1.82) is 0 Å². The van der Waals surface area contributed by atoms with Crippen LogP contribution >= 0.6 is 11.3 Å². The van der Waals surface area contributed by atoms with Gasteiger partial charge in [-0.15, -0.1) is 11.3 Å². The number of aromatic carboxylic acids is 1. The van der Waals surface area contributed by atoms with Crippen LogP contribution in [-0.4, -0.2) is 46.9 Å². The number of amides is 2. The fourth-order valence-electron chi connectivity index (χ4n) is 5.27. The monoisotopic (exact) mass is 469 g/mol. The number of carbonyl (C=O) groups is 3. The Kier molecular flexibility index (Phi) is 5.76. The molecule has 4 rings (SSSR count). The van der Waals surface area contributed by atoms with Gasteiger partial charge >= 0.3 is 5.97 Å². The molecule has 2 amide bonds. The summed E-state index contributed by atoms with van der Waals surface area (Å²) in [6.07, 6.45) is 1.64. The van der Waals surface area contributed by atoms with Crippen LogP contribution in [0.5, 0.6) is 0 Å². The summed E-state index contributed by atoms with van der Waals surface area (Å²) in [5, 5.41) is 16.6. The average Bonchev–Trinajstić information content (AvgIpc) is 3.01. The van der Waals surface area contributed by atoms with Gasteiger partial charge in [-0.05, 0) is 53.5 Å². The molecule has 0 radical (unpaired) electrons. The van der Waals surface area contributed by atoms with E-state index in [-0.39, 0.29) is 34.2 Å². The highest BCUT2D eigenvalue weighted by atomic mass is 32.1. The number of nitrogens with one attached hydrogen (secondary N) is 2. The molecule has 0 saturated carbocycles. The smallest absolute Gasteiger partial charge is 0.339 e. The number of carboxylic acid groups (broad SMARTS) is 1. The second-order valence-corrected chi connectivity index (χ2v) is 11.6. The molecule has 2 heterocycles. The number of hydrogen-bond acceptors (Lipinski definition) is 5. The van der Waals surface area contributed by atoms with Crippen LogP contribution in [0.2, 0.25) is 0 Å². The minimum absolute atomic E-state index is 0.00618. The number of thiophene rings is 1. The SMILES string of the molecule is CC(=O)N1CC(Nc2ccc(C(=O)Nc3sc4c(c3C(=O)O)CC(C)(C)CC4(C)C)cc2)C1. The van der Waals surface area contributed by atoms with Crippen LogP contribution in [0.4, 0.5) is 10.7 Å². The van der Waals surface area contributed by atoms with Crippen molar-refractivity contribution >= 4 is 39.8 Å². The van der Waals surface area contributed by atoms with Gasteiger partial charge in [0.25, 0.3) is 5.91 Å². The first-order chi connectivity index (χ1) is 15.4. The molecule has 3 N–H and O–H groups in total. The number of anilines is 2. The molecule has 0 bridgehead atoms. The number of carboxylic acids is 1. The predicted molar refractivity (Wildman–Crippen MR) is 130 cm³/mol. The van der Waals surface area contributed by atoms with Crippen molar-refractivity contribution in [2.45, 2.75) is 58.9 Å². The highest BCUT2D eigenvalue weighted by Crippen LogP contribution is 2.52. The van der Waals surface area contributed by atoms with Crippen molar-refractivity contribution in [2.24, 2.45) is 5.41 Å². The van der Waals surface area contributed by atoms with E-state index in [2.05, 4.69) is 38.3 Å². The second-order valence-electron chi connectivity index (χ2n) is 10.6. The summed E-state index contributed by atoms with van der Waals surface area (Å²) in [6.45, 7) is 11.5. The standard InChI is InChI=1S/C25H31N3O4S/c1-14(29)28-11-17(12-28)26-16-8-6-15(7-9-16)21(30)27-22-19(23(31)32)18-10-24(2,3)13-25(4,5)20(18)33-22/h6-9,17,26H,10-13H2,1-5H3,(H,27,30)(H,31,32). The summed E-state index contributed by atoms with van der Waals surface area (Å²) < 4.78 is 0. The van der Waals surface area contributed by atoms with Crippen LogP contribution < -0.4 is 10.6 Å². The van der Waals surface area contributed by atoms with Gasteiger partial charge in [0.2, 0.25) is 5.91 Å². The van der Waals surface area contributed by atoms with Crippen molar-refractivity contribution in [2.75, 3.05) is 23.7 Å². The van der Waals surface area contributed by atoms with Gasteiger partial charge in [0.1, 0.15) is 5.00 Å². The molecule has 176 valence electrons. The quantitative estimate of drug-likeness (QED) is 0.595. The first-order valence-electron chi connectivity index (χ1n) is 11.2. The van der Waals surface area contributed by atoms with Crippen LogP contribution in [0.1, 0.15) is 72.2 Å². The van der Waals surface area contributed by atoms with E-state index in [0.29, 0.717) is 30.1 Å². The molecule has 0 unspecified atom stereocenters. The number of benzene rings is 1. The fourth-order valence-corrected chi connectivity index (χ4v) is 6.57. The third kappa shape index (κ3) is 4.62. The number of hydrogen-bond donors (Lipinski definition) is 3. The zero-order valence-corrected chi connectivity index (χ0v) is 20.6. The molecule has 0 atom stereocenters. The minimum Gasteiger partial charge on any atom is -0.478 e. The second kappa shape index (κ2) is 8.17. The lowest BCUT2D eigenvalue weighted by Crippen LogP contribution is -2.56. The van der Waals surface area contributed by atoms with E-state index in [4.69, 9.17) is 0 Å². The Labute approximate surface area is 198 Å². The van der Waals surface area contributed by atoms with Gasteiger partial charge in [-0.1, -0.05) is 27.7 Å². The Bertz CT molecular complexity index is 1110. The van der Waals surface area contributed by atoms with E-state index in [1.807, 2.05) is 12.1 Å². The lowest BCUT2D eigenvalue weighted by molar-refractivity contribution is -0.132. The fraction of sp³-hybridized carbons (Fsp3) is 0.480. The lowest BCUT2D eigenvalue weighted by Gasteiger charge is -2.40. The van der Waals surface area contributed by atoms with Crippen molar-refractivity contribution in [1.82, 2.24) is 4.90 Å². The first kappa shape index (κ1) is 23.3. The molecule has 8 heteroatoms. The van der Waals surface area contributed by atoms with E-state index in [1.54, 1.807) is 24.0 Å². The van der Waals surface area contributed by atoms with Crippen LogP contribution in [-0.2, 0) is 16.6 Å². The summed E-state index contributed by atoms with van der Waals surface area (Å²) in [4.78, 5) is 39.2. The number of fused-ring (bicyclic) bond motifs is 1. The number of rotatable bonds is 5.